The number of benzene rings is 2. The molecule has 0 fully saturated rings. The molecule has 5 nitrogen and oxygen atoms in total. The number of hydrogen-bond acceptors (Lipinski definition) is 4. The minimum absolute atomic E-state index is 0.0239. The van der Waals surface area contributed by atoms with E-state index in [2.05, 4.69) is 10.8 Å². The maximum absolute atomic E-state index is 13.0. The number of hydrogen-bond donors (Lipinski definition) is 1. The molecule has 3 rings (SSSR count). The zero-order valence-corrected chi connectivity index (χ0v) is 18.4. The number of rotatable bonds is 6. The van der Waals surface area contributed by atoms with Gasteiger partial charge in [-0.2, -0.15) is 0 Å². The van der Waals surface area contributed by atoms with Gasteiger partial charge in [-0.3, -0.25) is 9.36 Å². The molecule has 0 aliphatic heterocycles. The molecule has 0 radical (unpaired) electrons. The molecule has 28 heavy (non-hydrogen) atoms. The van der Waals surface area contributed by atoms with E-state index in [1.165, 1.54) is 0 Å². The third-order valence-corrected chi connectivity index (χ3v) is 7.31. The Bertz CT molecular complexity index is 1170. The second kappa shape index (κ2) is 7.81. The van der Waals surface area contributed by atoms with Gasteiger partial charge in [0.2, 0.25) is 10.0 Å². The Morgan fingerprint density at radius 2 is 1.82 bits per heavy atom. The summed E-state index contributed by atoms with van der Waals surface area (Å²) in [6.45, 7) is 9.86. The largest absolute Gasteiger partial charge is 0.308 e. The monoisotopic (exact) mass is 418 g/mol. The van der Waals surface area contributed by atoms with E-state index in [4.69, 9.17) is 0 Å². The minimum Gasteiger partial charge on any atom is -0.296 e. The maximum Gasteiger partial charge on any atom is 0.308 e. The molecule has 0 spiro atoms. The lowest BCUT2D eigenvalue weighted by Gasteiger charge is -2.20. The number of nitrogens with one attached hydrogen (secondary N) is 1. The standard InChI is InChI=1S/C21H26N2O3S2/c1-6-18(17-9-7-14(4)11-15(17)5)22-28(25,26)16-8-10-19-20(12-16)27-21(24)23(19)13(2)3/h7-13,18,22H,6H2,1-5H3/t18-/m1/s1. The van der Waals surface area contributed by atoms with E-state index in [-0.39, 0.29) is 21.9 Å². The Kier molecular flexibility index (Phi) is 5.79. The van der Waals surface area contributed by atoms with Gasteiger partial charge in [-0.05, 0) is 63.4 Å². The third-order valence-electron chi connectivity index (χ3n) is 4.92. The first-order chi connectivity index (χ1) is 13.1. The second-order valence-corrected chi connectivity index (χ2v) is 10.1. The van der Waals surface area contributed by atoms with Crippen molar-refractivity contribution < 1.29 is 8.42 Å². The lowest BCUT2D eigenvalue weighted by molar-refractivity contribution is 0.549. The first kappa shape index (κ1) is 20.8. The fraction of sp³-hybridized carbons (Fsp3) is 0.381. The lowest BCUT2D eigenvalue weighted by atomic mass is 9.98. The Morgan fingerprint density at radius 3 is 2.43 bits per heavy atom. The van der Waals surface area contributed by atoms with E-state index >= 15 is 0 Å². The van der Waals surface area contributed by atoms with Crippen molar-refractivity contribution in [2.45, 2.75) is 58.0 Å². The predicted octanol–water partition coefficient (Wildman–Crippen LogP) is 4.69. The summed E-state index contributed by atoms with van der Waals surface area (Å²) in [4.78, 5) is 12.3. The fourth-order valence-corrected chi connectivity index (χ4v) is 5.96. The van der Waals surface area contributed by atoms with Gasteiger partial charge in [0, 0.05) is 12.1 Å². The molecule has 150 valence electrons. The molecule has 0 aliphatic carbocycles. The average molecular weight is 419 g/mol. The Morgan fingerprint density at radius 1 is 1.11 bits per heavy atom. The topological polar surface area (TPSA) is 68.2 Å². The summed E-state index contributed by atoms with van der Waals surface area (Å²) >= 11 is 1.08. The zero-order chi connectivity index (χ0) is 20.6. The van der Waals surface area contributed by atoms with Crippen molar-refractivity contribution in [3.05, 3.63) is 62.8 Å². The SMILES string of the molecule is CC[C@@H](NS(=O)(=O)c1ccc2c(c1)sc(=O)n2C(C)C)c1ccc(C)cc1C. The Labute approximate surface area is 170 Å². The highest BCUT2D eigenvalue weighted by molar-refractivity contribution is 7.89. The van der Waals surface area contributed by atoms with Crippen molar-refractivity contribution >= 4 is 31.6 Å². The van der Waals surface area contributed by atoms with E-state index in [0.29, 0.717) is 11.1 Å². The van der Waals surface area contributed by atoms with Crippen LogP contribution in [-0.2, 0) is 10.0 Å². The molecule has 0 saturated carbocycles. The molecule has 0 amide bonds. The highest BCUT2D eigenvalue weighted by Gasteiger charge is 2.23. The van der Waals surface area contributed by atoms with Crippen molar-refractivity contribution in [2.24, 2.45) is 0 Å². The van der Waals surface area contributed by atoms with Crippen molar-refractivity contribution in [3.63, 3.8) is 0 Å². The van der Waals surface area contributed by atoms with Crippen LogP contribution < -0.4 is 9.60 Å². The summed E-state index contributed by atoms with van der Waals surface area (Å²) in [5.74, 6) is 0. The molecule has 3 aromatic rings. The summed E-state index contributed by atoms with van der Waals surface area (Å²) in [5.41, 5.74) is 3.96. The van der Waals surface area contributed by atoms with Crippen LogP contribution >= 0.6 is 11.3 Å². The molecule has 1 atom stereocenters. The lowest BCUT2D eigenvalue weighted by Crippen LogP contribution is -2.28. The number of nitrogens with zero attached hydrogens (tertiary/aromatic N) is 1. The molecule has 2 aromatic carbocycles. The van der Waals surface area contributed by atoms with E-state index in [1.807, 2.05) is 46.8 Å². The zero-order valence-electron chi connectivity index (χ0n) is 16.8. The van der Waals surface area contributed by atoms with Gasteiger partial charge in [0.1, 0.15) is 0 Å². The van der Waals surface area contributed by atoms with E-state index in [1.54, 1.807) is 22.8 Å². The van der Waals surface area contributed by atoms with E-state index in [9.17, 15) is 13.2 Å². The van der Waals surface area contributed by atoms with Gasteiger partial charge in [0.25, 0.3) is 0 Å². The van der Waals surface area contributed by atoms with Crippen molar-refractivity contribution in [3.8, 4) is 0 Å². The average Bonchev–Trinajstić information content (AvgIpc) is 2.95. The molecule has 1 heterocycles. The van der Waals surface area contributed by atoms with Crippen LogP contribution in [0.1, 0.15) is 56.0 Å². The van der Waals surface area contributed by atoms with E-state index < -0.39 is 10.0 Å². The molecule has 0 saturated heterocycles. The third kappa shape index (κ3) is 3.92. The molecule has 0 bridgehead atoms. The maximum atomic E-state index is 13.0. The van der Waals surface area contributed by atoms with Gasteiger partial charge < -0.3 is 0 Å². The Hall–Kier alpha value is -1.96. The summed E-state index contributed by atoms with van der Waals surface area (Å²) in [5, 5.41) is 0. The van der Waals surface area contributed by atoms with Gasteiger partial charge in [0.15, 0.2) is 0 Å². The fourth-order valence-electron chi connectivity index (χ4n) is 3.51. The Balaban J connectivity index is 1.98. The molecule has 1 aromatic heterocycles. The van der Waals surface area contributed by atoms with Crippen LogP contribution in [0, 0.1) is 13.8 Å². The molecular formula is C21H26N2O3S2. The molecule has 1 N–H and O–H groups in total. The minimum atomic E-state index is -3.72. The first-order valence-electron chi connectivity index (χ1n) is 9.38. The summed E-state index contributed by atoms with van der Waals surface area (Å²) in [6.07, 6.45) is 0.641. The normalized spacial score (nSPS) is 13.4. The van der Waals surface area contributed by atoms with Crippen LogP contribution in [0.5, 0.6) is 0 Å². The highest BCUT2D eigenvalue weighted by atomic mass is 32.2. The van der Waals surface area contributed by atoms with Crippen LogP contribution in [0.4, 0.5) is 0 Å². The summed E-state index contributed by atoms with van der Waals surface area (Å²) < 4.78 is 31.3. The van der Waals surface area contributed by atoms with Crippen LogP contribution in [0.15, 0.2) is 46.1 Å². The predicted molar refractivity (Wildman–Crippen MR) is 116 cm³/mol. The number of thiazole rings is 1. The van der Waals surface area contributed by atoms with Gasteiger partial charge in [-0.15, -0.1) is 0 Å². The van der Waals surface area contributed by atoms with Gasteiger partial charge in [-0.1, -0.05) is 42.0 Å². The van der Waals surface area contributed by atoms with Crippen LogP contribution in [0.3, 0.4) is 0 Å². The van der Waals surface area contributed by atoms with Gasteiger partial charge in [0.05, 0.1) is 15.1 Å². The van der Waals surface area contributed by atoms with Gasteiger partial charge >= 0.3 is 4.87 Å². The van der Waals surface area contributed by atoms with Crippen molar-refractivity contribution in [1.29, 1.82) is 0 Å². The van der Waals surface area contributed by atoms with Crippen LogP contribution in [0.2, 0.25) is 0 Å². The quantitative estimate of drug-likeness (QED) is 0.631. The molecule has 0 aliphatic rings. The first-order valence-corrected chi connectivity index (χ1v) is 11.7. The summed E-state index contributed by atoms with van der Waals surface area (Å²) in [7, 11) is -3.72. The van der Waals surface area contributed by atoms with Crippen molar-refractivity contribution in [2.75, 3.05) is 0 Å². The highest BCUT2D eigenvalue weighted by Crippen LogP contribution is 2.27. The van der Waals surface area contributed by atoms with E-state index in [0.717, 1.165) is 33.5 Å². The number of sulfonamides is 1. The van der Waals surface area contributed by atoms with Crippen LogP contribution in [-0.4, -0.2) is 13.0 Å². The number of fused-ring (bicyclic) bond motifs is 1. The van der Waals surface area contributed by atoms with Crippen LogP contribution in [0.25, 0.3) is 10.2 Å². The van der Waals surface area contributed by atoms with Crippen molar-refractivity contribution in [1.82, 2.24) is 9.29 Å². The smallest absolute Gasteiger partial charge is 0.296 e. The molecular weight excluding hydrogens is 392 g/mol. The number of aryl methyl sites for hydroxylation is 2. The number of aromatic nitrogens is 1. The molecule has 7 heteroatoms. The second-order valence-electron chi connectivity index (χ2n) is 7.40. The van der Waals surface area contributed by atoms with Gasteiger partial charge in [-0.25, -0.2) is 13.1 Å². The molecule has 0 unspecified atom stereocenters. The summed E-state index contributed by atoms with van der Waals surface area (Å²) in [6, 6.07) is 10.7.